The number of rotatable bonds is 3. The van der Waals surface area contributed by atoms with E-state index in [2.05, 4.69) is 0 Å². The molecule has 2 aliphatic heterocycles. The van der Waals surface area contributed by atoms with Crippen molar-refractivity contribution in [2.24, 2.45) is 0 Å². The van der Waals surface area contributed by atoms with Crippen molar-refractivity contribution in [3.8, 4) is 0 Å². The molecule has 28 heavy (non-hydrogen) atoms. The predicted octanol–water partition coefficient (Wildman–Crippen LogP) is 2.52. The van der Waals surface area contributed by atoms with Gasteiger partial charge >= 0.3 is 0 Å². The molecule has 2 aromatic carbocycles. The third-order valence-electron chi connectivity index (χ3n) is 5.26. The number of fused-ring (bicyclic) bond motifs is 1. The van der Waals surface area contributed by atoms with E-state index in [1.165, 1.54) is 23.1 Å². The molecule has 6 nitrogen and oxygen atoms in total. The lowest BCUT2D eigenvalue weighted by Gasteiger charge is -2.23. The molecule has 0 spiro atoms. The number of ketones is 1. The summed E-state index contributed by atoms with van der Waals surface area (Å²) in [6, 6.07) is 13.5. The van der Waals surface area contributed by atoms with E-state index >= 15 is 0 Å². The molecule has 2 aliphatic rings. The second-order valence-electron chi connectivity index (χ2n) is 7.03. The monoisotopic (exact) mass is 380 g/mol. The standard InChI is InChI=1S/C21H21FN4O2/c1-24-15-8-3-4-9-16(15)25(2)21(24)19-18(28)12-26(20(19)23)11-17(27)13-6-5-7-14(22)10-13/h3-10,17,23,27H,11-12H2,1-2H3. The summed E-state index contributed by atoms with van der Waals surface area (Å²) in [4.78, 5) is 18.1. The number of hydrogen-bond acceptors (Lipinski definition) is 5. The number of aliphatic hydroxyl groups is 1. The number of carbonyl (C=O) groups is 1. The van der Waals surface area contributed by atoms with Crippen LogP contribution >= 0.6 is 0 Å². The van der Waals surface area contributed by atoms with Crippen molar-refractivity contribution in [2.45, 2.75) is 6.10 Å². The van der Waals surface area contributed by atoms with Crippen LogP contribution in [0.3, 0.4) is 0 Å². The second-order valence-corrected chi connectivity index (χ2v) is 7.03. The highest BCUT2D eigenvalue weighted by Gasteiger charge is 2.39. The Labute approximate surface area is 162 Å². The maximum Gasteiger partial charge on any atom is 0.189 e. The van der Waals surface area contributed by atoms with Crippen LogP contribution in [-0.2, 0) is 4.79 Å². The molecule has 0 bridgehead atoms. The van der Waals surface area contributed by atoms with Crippen LogP contribution in [0.1, 0.15) is 11.7 Å². The molecule has 2 N–H and O–H groups in total. The number of halogens is 1. The molecule has 1 unspecified atom stereocenters. The minimum Gasteiger partial charge on any atom is -0.387 e. The SMILES string of the molecule is CN1C(=C2C(=N)N(CC(O)c3cccc(F)c3)CC2=O)N(C)c2ccccc21. The fourth-order valence-electron chi connectivity index (χ4n) is 3.86. The van der Waals surface area contributed by atoms with Gasteiger partial charge in [0.05, 0.1) is 30.6 Å². The van der Waals surface area contributed by atoms with Gasteiger partial charge in [-0.1, -0.05) is 24.3 Å². The van der Waals surface area contributed by atoms with E-state index in [0.717, 1.165) is 11.4 Å². The van der Waals surface area contributed by atoms with Crippen molar-refractivity contribution in [3.05, 3.63) is 71.3 Å². The van der Waals surface area contributed by atoms with Crippen LogP contribution in [0, 0.1) is 11.2 Å². The van der Waals surface area contributed by atoms with Crippen molar-refractivity contribution in [2.75, 3.05) is 37.0 Å². The van der Waals surface area contributed by atoms with Gasteiger partial charge in [0, 0.05) is 14.1 Å². The molecule has 7 heteroatoms. The number of anilines is 2. The molecular formula is C21H21FN4O2. The van der Waals surface area contributed by atoms with Crippen molar-refractivity contribution >= 4 is 23.0 Å². The van der Waals surface area contributed by atoms with Gasteiger partial charge in [-0.25, -0.2) is 4.39 Å². The quantitative estimate of drug-likeness (QED) is 0.801. The van der Waals surface area contributed by atoms with Crippen molar-refractivity contribution < 1.29 is 14.3 Å². The summed E-state index contributed by atoms with van der Waals surface area (Å²) in [6.07, 6.45) is -0.996. The van der Waals surface area contributed by atoms with Crippen LogP contribution in [0.2, 0.25) is 0 Å². The van der Waals surface area contributed by atoms with Gasteiger partial charge < -0.3 is 19.8 Å². The van der Waals surface area contributed by atoms with E-state index in [-0.39, 0.29) is 24.7 Å². The molecule has 1 saturated heterocycles. The number of β-amino-alcohol motifs (C(OH)–C–C–N with tert-alkyl or cyclic N) is 1. The maximum absolute atomic E-state index is 13.4. The number of benzene rings is 2. The van der Waals surface area contributed by atoms with Gasteiger partial charge in [0.25, 0.3) is 0 Å². The largest absolute Gasteiger partial charge is 0.387 e. The molecule has 0 aromatic heterocycles. The summed E-state index contributed by atoms with van der Waals surface area (Å²) in [5.41, 5.74) is 2.68. The van der Waals surface area contributed by atoms with E-state index in [9.17, 15) is 14.3 Å². The van der Waals surface area contributed by atoms with Gasteiger partial charge in [0.15, 0.2) is 5.78 Å². The normalized spacial score (nSPS) is 17.6. The number of para-hydroxylation sites is 2. The average molecular weight is 380 g/mol. The highest BCUT2D eigenvalue weighted by atomic mass is 19.1. The smallest absolute Gasteiger partial charge is 0.189 e. The van der Waals surface area contributed by atoms with Gasteiger partial charge in [-0.2, -0.15) is 0 Å². The third kappa shape index (κ3) is 2.84. The molecule has 144 valence electrons. The minimum atomic E-state index is -0.996. The average Bonchev–Trinajstić information content (AvgIpc) is 3.08. The lowest BCUT2D eigenvalue weighted by Crippen LogP contribution is -2.32. The van der Waals surface area contributed by atoms with Crippen LogP contribution in [0.5, 0.6) is 0 Å². The van der Waals surface area contributed by atoms with Crippen LogP contribution < -0.4 is 9.80 Å². The highest BCUT2D eigenvalue weighted by molar-refractivity contribution is 6.27. The van der Waals surface area contributed by atoms with Crippen LogP contribution in [0.4, 0.5) is 15.8 Å². The Bertz CT molecular complexity index is 972. The lowest BCUT2D eigenvalue weighted by molar-refractivity contribution is -0.114. The second kappa shape index (κ2) is 6.76. The summed E-state index contributed by atoms with van der Waals surface area (Å²) >= 11 is 0. The van der Waals surface area contributed by atoms with E-state index in [4.69, 9.17) is 5.41 Å². The Morgan fingerprint density at radius 2 is 1.75 bits per heavy atom. The van der Waals surface area contributed by atoms with Crippen LogP contribution in [0.25, 0.3) is 0 Å². The number of hydrogen-bond donors (Lipinski definition) is 2. The zero-order chi connectivity index (χ0) is 20.0. The molecule has 0 radical (unpaired) electrons. The van der Waals surface area contributed by atoms with E-state index in [1.54, 1.807) is 6.07 Å². The first-order valence-electron chi connectivity index (χ1n) is 9.00. The Balaban J connectivity index is 1.62. The van der Waals surface area contributed by atoms with Gasteiger partial charge in [-0.3, -0.25) is 10.2 Å². The minimum absolute atomic E-state index is 0.0159. The van der Waals surface area contributed by atoms with Crippen LogP contribution in [0.15, 0.2) is 59.9 Å². The molecular weight excluding hydrogens is 359 g/mol. The number of amidine groups is 1. The van der Waals surface area contributed by atoms with Gasteiger partial charge in [0.2, 0.25) is 0 Å². The van der Waals surface area contributed by atoms with Gasteiger partial charge in [0.1, 0.15) is 23.0 Å². The zero-order valence-electron chi connectivity index (χ0n) is 15.7. The first-order chi connectivity index (χ1) is 13.4. The van der Waals surface area contributed by atoms with Crippen LogP contribution in [-0.4, -0.2) is 48.8 Å². The summed E-state index contributed by atoms with van der Waals surface area (Å²) in [6.45, 7) is 0.0627. The molecule has 1 fully saturated rings. The Morgan fingerprint density at radius 3 is 2.36 bits per heavy atom. The molecule has 0 amide bonds. The first-order valence-corrected chi connectivity index (χ1v) is 9.00. The molecule has 2 aromatic rings. The number of nitrogens with one attached hydrogen (secondary N) is 1. The maximum atomic E-state index is 13.4. The number of Topliss-reactive ketones (excluding diaryl/α,β-unsaturated/α-hetero) is 1. The Kier molecular flexibility index (Phi) is 4.39. The van der Waals surface area contributed by atoms with E-state index in [0.29, 0.717) is 17.0 Å². The number of nitrogens with zero attached hydrogens (tertiary/aromatic N) is 3. The molecule has 0 saturated carbocycles. The first kappa shape index (κ1) is 18.2. The third-order valence-corrected chi connectivity index (χ3v) is 5.26. The van der Waals surface area contributed by atoms with Gasteiger partial charge in [-0.15, -0.1) is 0 Å². The number of carbonyl (C=O) groups excluding carboxylic acids is 1. The summed E-state index contributed by atoms with van der Waals surface area (Å²) in [5, 5.41) is 19.0. The van der Waals surface area contributed by atoms with Gasteiger partial charge in [-0.05, 0) is 29.8 Å². The molecule has 4 rings (SSSR count). The molecule has 0 aliphatic carbocycles. The number of aliphatic hydroxyl groups excluding tert-OH is 1. The summed E-state index contributed by atoms with van der Waals surface area (Å²) < 4.78 is 13.4. The highest BCUT2D eigenvalue weighted by Crippen LogP contribution is 2.41. The fourth-order valence-corrected chi connectivity index (χ4v) is 3.86. The Hall–Kier alpha value is -3.19. The molecule has 2 heterocycles. The Morgan fingerprint density at radius 1 is 1.11 bits per heavy atom. The summed E-state index contributed by atoms with van der Waals surface area (Å²) in [5.74, 6) is 0.123. The van der Waals surface area contributed by atoms with E-state index < -0.39 is 11.9 Å². The van der Waals surface area contributed by atoms with Crippen molar-refractivity contribution in [1.82, 2.24) is 4.90 Å². The topological polar surface area (TPSA) is 70.9 Å². The van der Waals surface area contributed by atoms with Crippen molar-refractivity contribution in [3.63, 3.8) is 0 Å². The zero-order valence-corrected chi connectivity index (χ0v) is 15.7. The number of likely N-dealkylation sites (tertiary alicyclic amines) is 1. The fraction of sp³-hybridized carbons (Fsp3) is 0.238. The van der Waals surface area contributed by atoms with E-state index in [1.807, 2.05) is 48.2 Å². The predicted molar refractivity (Wildman–Crippen MR) is 106 cm³/mol. The van der Waals surface area contributed by atoms with Crippen molar-refractivity contribution in [1.29, 1.82) is 5.41 Å². The lowest BCUT2D eigenvalue weighted by atomic mass is 10.1. The molecule has 1 atom stereocenters. The summed E-state index contributed by atoms with van der Waals surface area (Å²) in [7, 11) is 3.74.